The molecule has 0 radical (unpaired) electrons. The molecule has 0 rings (SSSR count). The number of unbranched alkanes of at least 4 members (excludes halogenated alkanes) is 3. The van der Waals surface area contributed by atoms with Crippen molar-refractivity contribution in [3.8, 4) is 0 Å². The van der Waals surface area contributed by atoms with Gasteiger partial charge in [0, 0.05) is 0 Å². The van der Waals surface area contributed by atoms with Crippen LogP contribution in [-0.2, 0) is 0 Å². The molecule has 0 fully saturated rings. The highest BCUT2D eigenvalue weighted by molar-refractivity contribution is 4.31. The molecule has 7 heavy (non-hydrogen) atoms. The first-order valence-corrected chi connectivity index (χ1v) is 2.91. The predicted molar refractivity (Wildman–Crippen MR) is 32.3 cm³/mol. The van der Waals surface area contributed by atoms with Crippen LogP contribution < -0.4 is 0 Å². The smallest absolute Gasteiger partial charge is 0.0536 e. The highest BCUT2D eigenvalue weighted by Gasteiger charge is 1.75. The zero-order chi connectivity index (χ0) is 4.83. The lowest BCUT2D eigenvalue weighted by Crippen LogP contribution is -1.66. The van der Waals surface area contributed by atoms with E-state index >= 15 is 0 Å². The van der Waals surface area contributed by atoms with Gasteiger partial charge in [-0.15, -0.1) is 0 Å². The van der Waals surface area contributed by atoms with Crippen molar-refractivity contribution >= 4 is 0 Å². The Kier molecular flexibility index (Phi) is 13.4. The molecule has 0 aliphatic heterocycles. The summed E-state index contributed by atoms with van der Waals surface area (Å²) in [7, 11) is 0. The lowest BCUT2D eigenvalue weighted by Gasteiger charge is -1.86. The van der Waals surface area contributed by atoms with Crippen molar-refractivity contribution in [1.82, 2.24) is 0 Å². The molecule has 0 amide bonds. The molecule has 0 atom stereocenters. The Morgan fingerprint density at radius 3 is 1.29 bits per heavy atom. The molecule has 0 aromatic carbocycles. The zero-order valence-corrected chi connectivity index (χ0v) is 5.24. The Balaban J connectivity index is 0. The van der Waals surface area contributed by atoms with Gasteiger partial charge in [0.15, 0.2) is 0 Å². The molecule has 0 nitrogen and oxygen atoms in total. The van der Waals surface area contributed by atoms with Gasteiger partial charge in [-0.25, -0.2) is 0 Å². The van der Waals surface area contributed by atoms with Crippen molar-refractivity contribution in [2.24, 2.45) is 0 Å². The van der Waals surface area contributed by atoms with Gasteiger partial charge in [-0.1, -0.05) is 39.5 Å². The summed E-state index contributed by atoms with van der Waals surface area (Å²) >= 11 is 0. The van der Waals surface area contributed by atoms with E-state index in [9.17, 15) is 0 Å². The van der Waals surface area contributed by atoms with Crippen LogP contribution in [0.3, 0.4) is 0 Å². The zero-order valence-electron chi connectivity index (χ0n) is 5.24. The summed E-state index contributed by atoms with van der Waals surface area (Å²) in [5.74, 6) is 0. The Morgan fingerprint density at radius 2 is 1.14 bits per heavy atom. The van der Waals surface area contributed by atoms with Gasteiger partial charge in [0.2, 0.25) is 0 Å². The molecule has 0 aliphatic carbocycles. The third kappa shape index (κ3) is 10.7. The van der Waals surface area contributed by atoms with Crippen LogP contribution in [0.1, 0.15) is 39.5 Å². The Hall–Kier alpha value is -0.0700. The quantitative estimate of drug-likeness (QED) is 0.485. The van der Waals surface area contributed by atoms with Crippen molar-refractivity contribution in [3.05, 3.63) is 0 Å². The minimum absolute atomic E-state index is 0. The second-order valence-corrected chi connectivity index (χ2v) is 1.71. The van der Waals surface area contributed by atoms with E-state index in [0.717, 1.165) is 0 Å². The fourth-order valence-corrected chi connectivity index (χ4v) is 0.500. The maximum absolute atomic E-state index is 2.23. The molecule has 0 aliphatic rings. The summed E-state index contributed by atoms with van der Waals surface area (Å²) in [6.45, 7) is 4.46. The molecular formula is C6H15F. The lowest BCUT2D eigenvalue weighted by molar-refractivity contribution is 0.702. The van der Waals surface area contributed by atoms with Crippen molar-refractivity contribution in [3.63, 3.8) is 0 Å². The van der Waals surface area contributed by atoms with Crippen LogP contribution in [0.25, 0.3) is 0 Å². The van der Waals surface area contributed by atoms with Gasteiger partial charge in [0.05, 0.1) is 0 Å². The van der Waals surface area contributed by atoms with E-state index in [2.05, 4.69) is 13.8 Å². The van der Waals surface area contributed by atoms with Crippen LogP contribution in [0, 0.1) is 0 Å². The molecule has 0 spiro atoms. The summed E-state index contributed by atoms with van der Waals surface area (Å²) in [6.07, 6.45) is 5.54. The molecule has 0 bridgehead atoms. The van der Waals surface area contributed by atoms with E-state index < -0.39 is 0 Å². The maximum Gasteiger partial charge on any atom is -0.0536 e. The van der Waals surface area contributed by atoms with Crippen LogP contribution >= 0.6 is 0 Å². The van der Waals surface area contributed by atoms with Gasteiger partial charge in [-0.2, -0.15) is 0 Å². The summed E-state index contributed by atoms with van der Waals surface area (Å²) in [5, 5.41) is 0. The average molecular weight is 106 g/mol. The topological polar surface area (TPSA) is 0 Å². The second-order valence-electron chi connectivity index (χ2n) is 1.71. The molecular weight excluding hydrogens is 91.1 g/mol. The van der Waals surface area contributed by atoms with Crippen molar-refractivity contribution in [1.29, 1.82) is 0 Å². The number of rotatable bonds is 3. The van der Waals surface area contributed by atoms with Crippen molar-refractivity contribution in [2.75, 3.05) is 0 Å². The van der Waals surface area contributed by atoms with Crippen LogP contribution in [0.2, 0.25) is 0 Å². The average Bonchev–Trinajstić information content (AvgIpc) is 1.61. The molecule has 0 aromatic rings. The first-order chi connectivity index (χ1) is 2.91. The van der Waals surface area contributed by atoms with Crippen LogP contribution in [-0.4, -0.2) is 0 Å². The van der Waals surface area contributed by atoms with Crippen LogP contribution in [0.15, 0.2) is 0 Å². The van der Waals surface area contributed by atoms with E-state index in [1.807, 2.05) is 0 Å². The first-order valence-electron chi connectivity index (χ1n) is 2.91. The highest BCUT2D eigenvalue weighted by Crippen LogP contribution is 1.95. The molecule has 0 saturated heterocycles. The van der Waals surface area contributed by atoms with Crippen molar-refractivity contribution < 1.29 is 4.70 Å². The molecule has 0 aromatic heterocycles. The Morgan fingerprint density at radius 1 is 0.857 bits per heavy atom. The fraction of sp³-hybridized carbons (Fsp3) is 1.00. The molecule has 0 N–H and O–H groups in total. The summed E-state index contributed by atoms with van der Waals surface area (Å²) in [6, 6.07) is 0. The van der Waals surface area contributed by atoms with Gasteiger partial charge in [-0.05, 0) is 0 Å². The van der Waals surface area contributed by atoms with Gasteiger partial charge in [-0.3, -0.25) is 4.70 Å². The SMILES string of the molecule is CCCCCC.F. The van der Waals surface area contributed by atoms with Crippen molar-refractivity contribution in [2.45, 2.75) is 39.5 Å². The van der Waals surface area contributed by atoms with E-state index in [1.165, 1.54) is 25.7 Å². The standard InChI is InChI=1S/C6H14.FH/c1-3-5-6-4-2;/h3-6H2,1-2H3;1H. The normalized spacial score (nSPS) is 7.71. The Bertz CT molecular complexity index is 16.1. The van der Waals surface area contributed by atoms with E-state index in [1.54, 1.807) is 0 Å². The fourth-order valence-electron chi connectivity index (χ4n) is 0.500. The maximum atomic E-state index is 2.23. The summed E-state index contributed by atoms with van der Waals surface area (Å²) in [5.41, 5.74) is 0. The van der Waals surface area contributed by atoms with Gasteiger partial charge >= 0.3 is 0 Å². The summed E-state index contributed by atoms with van der Waals surface area (Å²) < 4.78 is 0. The minimum Gasteiger partial charge on any atom is -0.269 e. The molecule has 0 saturated carbocycles. The predicted octanol–water partition coefficient (Wildman–Crippen LogP) is 2.74. The van der Waals surface area contributed by atoms with Gasteiger partial charge in [0.1, 0.15) is 0 Å². The Labute approximate surface area is 45.3 Å². The van der Waals surface area contributed by atoms with Crippen LogP contribution in [0.5, 0.6) is 0 Å². The highest BCUT2D eigenvalue weighted by atomic mass is 19.0. The minimum atomic E-state index is 0. The molecule has 46 valence electrons. The summed E-state index contributed by atoms with van der Waals surface area (Å²) in [4.78, 5) is 0. The third-order valence-electron chi connectivity index (χ3n) is 0.957. The van der Waals surface area contributed by atoms with E-state index in [-0.39, 0.29) is 4.70 Å². The first kappa shape index (κ1) is 10.0. The molecule has 0 heterocycles. The lowest BCUT2D eigenvalue weighted by atomic mass is 10.2. The van der Waals surface area contributed by atoms with Gasteiger partial charge in [0.25, 0.3) is 0 Å². The van der Waals surface area contributed by atoms with Gasteiger partial charge < -0.3 is 0 Å². The monoisotopic (exact) mass is 106 g/mol. The second kappa shape index (κ2) is 9.33. The number of hydrogen-bond donors (Lipinski definition) is 0. The number of hydrogen-bond acceptors (Lipinski definition) is 0. The third-order valence-corrected chi connectivity index (χ3v) is 0.957. The largest absolute Gasteiger partial charge is 0.269 e. The van der Waals surface area contributed by atoms with E-state index in [4.69, 9.17) is 0 Å². The molecule has 1 heteroatoms. The number of halogens is 1. The molecule has 0 unspecified atom stereocenters. The van der Waals surface area contributed by atoms with Crippen LogP contribution in [0.4, 0.5) is 4.70 Å². The van der Waals surface area contributed by atoms with E-state index in [0.29, 0.717) is 0 Å².